The maximum Gasteiger partial charge on any atom is 0.232 e. The number of hydrogen-bond donors (Lipinski definition) is 1. The lowest BCUT2D eigenvalue weighted by atomic mass is 9.99. The van der Waals surface area contributed by atoms with Crippen LogP contribution < -0.4 is 5.32 Å². The summed E-state index contributed by atoms with van der Waals surface area (Å²) in [5.41, 5.74) is 0.569. The molecule has 1 aliphatic rings. The van der Waals surface area contributed by atoms with E-state index in [2.05, 4.69) is 12.2 Å². The lowest BCUT2D eigenvalue weighted by Gasteiger charge is -2.30. The minimum absolute atomic E-state index is 0.115. The van der Waals surface area contributed by atoms with Gasteiger partial charge in [0.05, 0.1) is 0 Å². The molecule has 5 heteroatoms. The summed E-state index contributed by atoms with van der Waals surface area (Å²) < 4.78 is 13.4. The van der Waals surface area contributed by atoms with Crippen molar-refractivity contribution in [2.45, 2.75) is 32.6 Å². The van der Waals surface area contributed by atoms with Gasteiger partial charge in [0.1, 0.15) is 12.2 Å². The van der Waals surface area contributed by atoms with E-state index in [0.29, 0.717) is 24.4 Å². The first-order valence-electron chi connectivity index (χ1n) is 7.84. The van der Waals surface area contributed by atoms with Crippen molar-refractivity contribution in [1.82, 2.24) is 10.2 Å². The molecule has 120 valence electrons. The maximum atomic E-state index is 13.4. The summed E-state index contributed by atoms with van der Waals surface area (Å²) in [7, 11) is 0. The quantitative estimate of drug-likeness (QED) is 0.847. The third kappa shape index (κ3) is 4.83. The fourth-order valence-corrected chi connectivity index (χ4v) is 2.61. The van der Waals surface area contributed by atoms with Crippen LogP contribution in [0.5, 0.6) is 0 Å². The molecule has 1 N–H and O–H groups in total. The molecule has 0 bridgehead atoms. The average Bonchev–Trinajstić information content (AvgIpc) is 2.50. The fraction of sp³-hybridized carbons (Fsp3) is 0.529. The van der Waals surface area contributed by atoms with Gasteiger partial charge in [-0.1, -0.05) is 25.1 Å². The Morgan fingerprint density at radius 1 is 1.27 bits per heavy atom. The Kier molecular flexibility index (Phi) is 5.92. The lowest BCUT2D eigenvalue weighted by Crippen LogP contribution is -2.40. The average molecular weight is 306 g/mol. The Balaban J connectivity index is 1.69. The number of nitrogens with one attached hydrogen (secondary N) is 1. The van der Waals surface area contributed by atoms with Gasteiger partial charge in [0.25, 0.3) is 0 Å². The van der Waals surface area contributed by atoms with E-state index < -0.39 is 0 Å². The van der Waals surface area contributed by atoms with Crippen LogP contribution in [0.2, 0.25) is 0 Å². The van der Waals surface area contributed by atoms with Gasteiger partial charge in [-0.05, 0) is 36.8 Å². The van der Waals surface area contributed by atoms with Crippen molar-refractivity contribution in [2.75, 3.05) is 19.6 Å². The normalized spacial score (nSPS) is 15.6. The standard InChI is InChI=1S/C17H23FN2O2/c1-13-7-10-20(11-8-13)17(22)12-16(21)19-9-6-14-4-2-3-5-15(14)18/h2-5,13H,6-12H2,1H3,(H,19,21). The van der Waals surface area contributed by atoms with Crippen LogP contribution in [0, 0.1) is 11.7 Å². The van der Waals surface area contributed by atoms with Gasteiger partial charge in [-0.15, -0.1) is 0 Å². The van der Waals surface area contributed by atoms with Crippen molar-refractivity contribution in [1.29, 1.82) is 0 Å². The third-order valence-electron chi connectivity index (χ3n) is 4.12. The van der Waals surface area contributed by atoms with Crippen LogP contribution in [0.25, 0.3) is 0 Å². The van der Waals surface area contributed by atoms with Crippen LogP contribution in [0.1, 0.15) is 31.7 Å². The van der Waals surface area contributed by atoms with Crippen molar-refractivity contribution in [2.24, 2.45) is 5.92 Å². The SMILES string of the molecule is CC1CCN(C(=O)CC(=O)NCCc2ccccc2F)CC1. The molecule has 1 fully saturated rings. The molecule has 0 radical (unpaired) electrons. The van der Waals surface area contributed by atoms with Gasteiger partial charge in [-0.2, -0.15) is 0 Å². The number of halogens is 1. The first-order chi connectivity index (χ1) is 10.6. The van der Waals surface area contributed by atoms with Gasteiger partial charge in [0.2, 0.25) is 11.8 Å². The molecule has 2 amide bonds. The fourth-order valence-electron chi connectivity index (χ4n) is 2.61. The number of amides is 2. The van der Waals surface area contributed by atoms with Gasteiger partial charge in [0, 0.05) is 19.6 Å². The number of hydrogen-bond acceptors (Lipinski definition) is 2. The van der Waals surface area contributed by atoms with Gasteiger partial charge in [0.15, 0.2) is 0 Å². The van der Waals surface area contributed by atoms with Crippen molar-refractivity contribution < 1.29 is 14.0 Å². The van der Waals surface area contributed by atoms with Crippen LogP contribution in [0.4, 0.5) is 4.39 Å². The molecule has 0 spiro atoms. The molecule has 1 aliphatic heterocycles. The van der Waals surface area contributed by atoms with Gasteiger partial charge < -0.3 is 10.2 Å². The summed E-state index contributed by atoms with van der Waals surface area (Å²) in [6, 6.07) is 6.50. The largest absolute Gasteiger partial charge is 0.355 e. The van der Waals surface area contributed by atoms with E-state index in [0.717, 1.165) is 25.9 Å². The number of likely N-dealkylation sites (tertiary alicyclic amines) is 1. The molecular weight excluding hydrogens is 283 g/mol. The summed E-state index contributed by atoms with van der Waals surface area (Å²) in [5.74, 6) is -0.0239. The van der Waals surface area contributed by atoms with Crippen LogP contribution in [0.15, 0.2) is 24.3 Å². The van der Waals surface area contributed by atoms with Gasteiger partial charge >= 0.3 is 0 Å². The van der Waals surface area contributed by atoms with Gasteiger partial charge in [-0.25, -0.2) is 4.39 Å². The molecule has 1 heterocycles. The zero-order valence-corrected chi connectivity index (χ0v) is 13.0. The first kappa shape index (κ1) is 16.5. The van der Waals surface area contributed by atoms with Crippen LogP contribution in [-0.2, 0) is 16.0 Å². The smallest absolute Gasteiger partial charge is 0.232 e. The number of benzene rings is 1. The Hall–Kier alpha value is -1.91. The summed E-state index contributed by atoms with van der Waals surface area (Å²) in [6.45, 7) is 3.99. The number of nitrogens with zero attached hydrogens (tertiary/aromatic N) is 1. The second-order valence-electron chi connectivity index (χ2n) is 5.93. The molecule has 1 aromatic carbocycles. The molecule has 1 saturated heterocycles. The Labute approximate surface area is 130 Å². The van der Waals surface area contributed by atoms with E-state index in [9.17, 15) is 14.0 Å². The summed E-state index contributed by atoms with van der Waals surface area (Å²) >= 11 is 0. The first-order valence-corrected chi connectivity index (χ1v) is 7.84. The number of carbonyl (C=O) groups is 2. The molecule has 0 atom stereocenters. The van der Waals surface area contributed by atoms with Crippen LogP contribution in [0.3, 0.4) is 0 Å². The molecule has 2 rings (SSSR count). The zero-order chi connectivity index (χ0) is 15.9. The summed E-state index contributed by atoms with van der Waals surface area (Å²) in [6.07, 6.45) is 2.31. The topological polar surface area (TPSA) is 49.4 Å². The highest BCUT2D eigenvalue weighted by molar-refractivity contribution is 5.96. The van der Waals surface area contributed by atoms with E-state index in [-0.39, 0.29) is 24.1 Å². The summed E-state index contributed by atoms with van der Waals surface area (Å²) in [5, 5.41) is 2.68. The molecule has 4 nitrogen and oxygen atoms in total. The molecule has 0 saturated carbocycles. The van der Waals surface area contributed by atoms with Crippen molar-refractivity contribution >= 4 is 11.8 Å². The van der Waals surface area contributed by atoms with Crippen LogP contribution >= 0.6 is 0 Å². The van der Waals surface area contributed by atoms with Crippen molar-refractivity contribution in [3.63, 3.8) is 0 Å². The third-order valence-corrected chi connectivity index (χ3v) is 4.12. The zero-order valence-electron chi connectivity index (χ0n) is 13.0. The highest BCUT2D eigenvalue weighted by atomic mass is 19.1. The summed E-state index contributed by atoms with van der Waals surface area (Å²) in [4.78, 5) is 25.6. The highest BCUT2D eigenvalue weighted by Crippen LogP contribution is 2.16. The highest BCUT2D eigenvalue weighted by Gasteiger charge is 2.21. The molecule has 0 unspecified atom stereocenters. The van der Waals surface area contributed by atoms with Gasteiger partial charge in [-0.3, -0.25) is 9.59 Å². The van der Waals surface area contributed by atoms with Crippen molar-refractivity contribution in [3.05, 3.63) is 35.6 Å². The maximum absolute atomic E-state index is 13.4. The van der Waals surface area contributed by atoms with E-state index in [1.54, 1.807) is 23.1 Å². The lowest BCUT2D eigenvalue weighted by molar-refractivity contribution is -0.137. The molecule has 22 heavy (non-hydrogen) atoms. The minimum Gasteiger partial charge on any atom is -0.355 e. The monoisotopic (exact) mass is 306 g/mol. The predicted molar refractivity (Wildman–Crippen MR) is 82.7 cm³/mol. The van der Waals surface area contributed by atoms with Crippen molar-refractivity contribution in [3.8, 4) is 0 Å². The Morgan fingerprint density at radius 3 is 2.64 bits per heavy atom. The Bertz CT molecular complexity index is 525. The van der Waals surface area contributed by atoms with E-state index in [4.69, 9.17) is 0 Å². The molecule has 0 aliphatic carbocycles. The minimum atomic E-state index is -0.292. The van der Waals surface area contributed by atoms with Crippen LogP contribution in [-0.4, -0.2) is 36.3 Å². The predicted octanol–water partition coefficient (Wildman–Crippen LogP) is 2.13. The van der Waals surface area contributed by atoms with E-state index in [1.165, 1.54) is 6.07 Å². The van der Waals surface area contributed by atoms with E-state index in [1.807, 2.05) is 0 Å². The second kappa shape index (κ2) is 7.92. The number of rotatable bonds is 5. The van der Waals surface area contributed by atoms with E-state index >= 15 is 0 Å². The number of piperidine rings is 1. The number of carbonyl (C=O) groups excluding carboxylic acids is 2. The second-order valence-corrected chi connectivity index (χ2v) is 5.93. The molecular formula is C17H23FN2O2. The Morgan fingerprint density at radius 2 is 1.95 bits per heavy atom. The molecule has 1 aromatic rings. The molecule has 0 aromatic heterocycles.